The molecule has 4 nitrogen and oxygen atoms in total. The molecule has 0 fully saturated rings. The lowest BCUT2D eigenvalue weighted by atomic mass is 10.2. The van der Waals surface area contributed by atoms with Gasteiger partial charge in [-0.05, 0) is 42.5 Å². The van der Waals surface area contributed by atoms with Crippen molar-refractivity contribution < 1.29 is 18.3 Å². The summed E-state index contributed by atoms with van der Waals surface area (Å²) in [5.74, 6) is 0.180. The van der Waals surface area contributed by atoms with Gasteiger partial charge in [-0.2, -0.15) is 0 Å². The zero-order chi connectivity index (χ0) is 18.1. The van der Waals surface area contributed by atoms with Crippen LogP contribution >= 0.6 is 15.9 Å². The topological polar surface area (TPSA) is 51.8 Å². The van der Waals surface area contributed by atoms with Crippen molar-refractivity contribution in [3.63, 3.8) is 0 Å². The quantitative estimate of drug-likeness (QED) is 0.439. The van der Waals surface area contributed by atoms with Gasteiger partial charge in [0.15, 0.2) is 5.70 Å². The standard InChI is InChI=1S/C20H11BrFNO3/c21-14-6-4-12(5-7-14)18-9-8-16(25-18)11-17-20(24)26-19(23-17)13-2-1-3-15(22)10-13/h1-11H. The third-order valence-corrected chi connectivity index (χ3v) is 4.26. The van der Waals surface area contributed by atoms with Crippen LogP contribution in [0.15, 0.2) is 80.2 Å². The fourth-order valence-corrected chi connectivity index (χ4v) is 2.75. The van der Waals surface area contributed by atoms with Gasteiger partial charge in [0.2, 0.25) is 5.90 Å². The number of cyclic esters (lactones) is 1. The van der Waals surface area contributed by atoms with Crippen LogP contribution in [0, 0.1) is 5.82 Å². The summed E-state index contributed by atoms with van der Waals surface area (Å²) in [6.45, 7) is 0. The Morgan fingerprint density at radius 1 is 1.00 bits per heavy atom. The molecule has 26 heavy (non-hydrogen) atoms. The molecular formula is C20H11BrFNO3. The zero-order valence-electron chi connectivity index (χ0n) is 13.3. The van der Waals surface area contributed by atoms with Gasteiger partial charge in [0, 0.05) is 21.7 Å². The molecule has 3 aromatic rings. The Balaban J connectivity index is 1.62. The highest BCUT2D eigenvalue weighted by Crippen LogP contribution is 2.26. The third-order valence-electron chi connectivity index (χ3n) is 3.73. The van der Waals surface area contributed by atoms with E-state index in [0.717, 1.165) is 10.0 Å². The number of carbonyl (C=O) groups is 1. The Labute approximate surface area is 156 Å². The first-order chi connectivity index (χ1) is 12.6. The number of carbonyl (C=O) groups excluding carboxylic acids is 1. The molecule has 1 aromatic heterocycles. The summed E-state index contributed by atoms with van der Waals surface area (Å²) in [6, 6.07) is 16.9. The molecule has 0 radical (unpaired) electrons. The molecule has 0 bridgehead atoms. The number of rotatable bonds is 3. The number of ether oxygens (including phenoxy) is 1. The predicted molar refractivity (Wildman–Crippen MR) is 98.9 cm³/mol. The van der Waals surface area contributed by atoms with E-state index in [1.165, 1.54) is 24.3 Å². The monoisotopic (exact) mass is 411 g/mol. The highest BCUT2D eigenvalue weighted by Gasteiger charge is 2.24. The minimum absolute atomic E-state index is 0.0699. The van der Waals surface area contributed by atoms with Crippen LogP contribution in [0.25, 0.3) is 17.4 Å². The van der Waals surface area contributed by atoms with E-state index in [-0.39, 0.29) is 11.6 Å². The first-order valence-electron chi connectivity index (χ1n) is 7.73. The van der Waals surface area contributed by atoms with Gasteiger partial charge in [0.1, 0.15) is 17.3 Å². The molecule has 2 aromatic carbocycles. The van der Waals surface area contributed by atoms with Crippen LogP contribution in [-0.2, 0) is 9.53 Å². The van der Waals surface area contributed by atoms with Gasteiger partial charge in [-0.25, -0.2) is 14.2 Å². The van der Waals surface area contributed by atoms with Crippen molar-refractivity contribution in [2.75, 3.05) is 0 Å². The van der Waals surface area contributed by atoms with E-state index in [2.05, 4.69) is 20.9 Å². The Morgan fingerprint density at radius 2 is 1.81 bits per heavy atom. The second kappa shape index (κ2) is 6.72. The average molecular weight is 412 g/mol. The van der Waals surface area contributed by atoms with E-state index in [0.29, 0.717) is 17.1 Å². The number of furan rings is 1. The maximum absolute atomic E-state index is 13.3. The van der Waals surface area contributed by atoms with Gasteiger partial charge < -0.3 is 9.15 Å². The van der Waals surface area contributed by atoms with Crippen LogP contribution in [0.2, 0.25) is 0 Å². The van der Waals surface area contributed by atoms with Crippen LogP contribution in [-0.4, -0.2) is 11.9 Å². The van der Waals surface area contributed by atoms with Crippen LogP contribution < -0.4 is 0 Å². The minimum atomic E-state index is -0.606. The molecule has 2 heterocycles. The molecule has 4 rings (SSSR count). The summed E-state index contributed by atoms with van der Waals surface area (Å²) in [5.41, 5.74) is 1.41. The highest BCUT2D eigenvalue weighted by molar-refractivity contribution is 9.10. The van der Waals surface area contributed by atoms with Crippen molar-refractivity contribution in [1.82, 2.24) is 0 Å². The first-order valence-corrected chi connectivity index (χ1v) is 8.52. The number of benzene rings is 2. The number of esters is 1. The average Bonchev–Trinajstić information content (AvgIpc) is 3.23. The second-order valence-corrected chi connectivity index (χ2v) is 6.47. The van der Waals surface area contributed by atoms with Gasteiger partial charge in [-0.3, -0.25) is 0 Å². The lowest BCUT2D eigenvalue weighted by molar-refractivity contribution is -0.129. The van der Waals surface area contributed by atoms with Crippen LogP contribution in [0.4, 0.5) is 4.39 Å². The summed E-state index contributed by atoms with van der Waals surface area (Å²) in [6.07, 6.45) is 1.50. The molecule has 1 aliphatic heterocycles. The van der Waals surface area contributed by atoms with E-state index < -0.39 is 11.8 Å². The van der Waals surface area contributed by atoms with Gasteiger partial charge in [-0.15, -0.1) is 0 Å². The zero-order valence-corrected chi connectivity index (χ0v) is 14.9. The largest absolute Gasteiger partial charge is 0.457 e. The number of nitrogens with zero attached hydrogens (tertiary/aromatic N) is 1. The maximum atomic E-state index is 13.3. The van der Waals surface area contributed by atoms with E-state index in [9.17, 15) is 9.18 Å². The molecule has 128 valence electrons. The second-order valence-electron chi connectivity index (χ2n) is 5.56. The van der Waals surface area contributed by atoms with E-state index in [1.807, 2.05) is 30.3 Å². The fourth-order valence-electron chi connectivity index (χ4n) is 2.49. The third kappa shape index (κ3) is 3.36. The Kier molecular flexibility index (Phi) is 4.26. The molecule has 0 unspecified atom stereocenters. The Bertz CT molecular complexity index is 1050. The van der Waals surface area contributed by atoms with Crippen molar-refractivity contribution in [2.24, 2.45) is 4.99 Å². The molecule has 0 saturated carbocycles. The number of halogens is 2. The van der Waals surface area contributed by atoms with Gasteiger partial charge in [0.25, 0.3) is 0 Å². The molecule has 0 amide bonds. The molecular weight excluding hydrogens is 401 g/mol. The van der Waals surface area contributed by atoms with Crippen LogP contribution in [0.3, 0.4) is 0 Å². The van der Waals surface area contributed by atoms with Crippen molar-refractivity contribution in [3.8, 4) is 11.3 Å². The number of hydrogen-bond acceptors (Lipinski definition) is 4. The Hall–Kier alpha value is -2.99. The van der Waals surface area contributed by atoms with E-state index in [4.69, 9.17) is 9.15 Å². The molecule has 0 N–H and O–H groups in total. The molecule has 6 heteroatoms. The summed E-state index contributed by atoms with van der Waals surface area (Å²) in [5, 5.41) is 0. The fraction of sp³-hybridized carbons (Fsp3) is 0. The van der Waals surface area contributed by atoms with E-state index in [1.54, 1.807) is 12.1 Å². The van der Waals surface area contributed by atoms with Crippen molar-refractivity contribution in [3.05, 3.63) is 88.0 Å². The summed E-state index contributed by atoms with van der Waals surface area (Å²) in [4.78, 5) is 16.2. The lowest BCUT2D eigenvalue weighted by Gasteiger charge is -1.98. The number of aliphatic imine (C=N–C) groups is 1. The smallest absolute Gasteiger partial charge is 0.363 e. The molecule has 1 aliphatic rings. The summed E-state index contributed by atoms with van der Waals surface area (Å²) < 4.78 is 25.2. The summed E-state index contributed by atoms with van der Waals surface area (Å²) >= 11 is 3.39. The normalized spacial score (nSPS) is 15.2. The minimum Gasteiger partial charge on any atom is -0.457 e. The Morgan fingerprint density at radius 3 is 2.58 bits per heavy atom. The van der Waals surface area contributed by atoms with Crippen molar-refractivity contribution in [1.29, 1.82) is 0 Å². The van der Waals surface area contributed by atoms with Gasteiger partial charge in [-0.1, -0.05) is 34.1 Å². The molecule has 0 saturated heterocycles. The maximum Gasteiger partial charge on any atom is 0.363 e. The SMILES string of the molecule is O=C1OC(c2cccc(F)c2)=NC1=Cc1ccc(-c2ccc(Br)cc2)o1. The molecule has 0 atom stereocenters. The first kappa shape index (κ1) is 16.5. The van der Waals surface area contributed by atoms with Gasteiger partial charge >= 0.3 is 5.97 Å². The van der Waals surface area contributed by atoms with E-state index >= 15 is 0 Å². The van der Waals surface area contributed by atoms with Crippen molar-refractivity contribution in [2.45, 2.75) is 0 Å². The molecule has 0 aliphatic carbocycles. The van der Waals surface area contributed by atoms with Crippen molar-refractivity contribution >= 4 is 33.9 Å². The van der Waals surface area contributed by atoms with Crippen LogP contribution in [0.5, 0.6) is 0 Å². The van der Waals surface area contributed by atoms with Crippen LogP contribution in [0.1, 0.15) is 11.3 Å². The number of hydrogen-bond donors (Lipinski definition) is 0. The summed E-state index contributed by atoms with van der Waals surface area (Å²) in [7, 11) is 0. The van der Waals surface area contributed by atoms with Gasteiger partial charge in [0.05, 0.1) is 0 Å². The predicted octanol–water partition coefficient (Wildman–Crippen LogP) is 5.19. The lowest BCUT2D eigenvalue weighted by Crippen LogP contribution is -2.05. The highest BCUT2D eigenvalue weighted by atomic mass is 79.9. The molecule has 0 spiro atoms.